The first-order chi connectivity index (χ1) is 23.7. The van der Waals surface area contributed by atoms with Crippen molar-refractivity contribution in [2.75, 3.05) is 19.5 Å². The molecule has 0 spiro atoms. The number of aromatic nitrogens is 4. The van der Waals surface area contributed by atoms with Crippen LogP contribution in [0.4, 0.5) is 13.2 Å². The van der Waals surface area contributed by atoms with E-state index in [1.165, 1.54) is 26.0 Å². The Kier molecular flexibility index (Phi) is 16.2. The first kappa shape index (κ1) is 42.8. The molecule has 4 aromatic rings. The molecule has 0 unspecified atom stereocenters. The lowest BCUT2D eigenvalue weighted by Crippen LogP contribution is -2.29. The van der Waals surface area contributed by atoms with E-state index in [1.807, 2.05) is 6.92 Å². The average molecular weight is 776 g/mol. The molecule has 0 fully saturated rings. The van der Waals surface area contributed by atoms with Crippen LogP contribution in [0.2, 0.25) is 10.0 Å². The number of alkyl halides is 3. The average Bonchev–Trinajstić information content (AvgIpc) is 3.03. The number of benzene rings is 2. The minimum absolute atomic E-state index is 0.210. The van der Waals surface area contributed by atoms with Crippen LogP contribution in [0, 0.1) is 0 Å². The highest BCUT2D eigenvalue weighted by atomic mass is 35.5. The van der Waals surface area contributed by atoms with E-state index < -0.39 is 45.3 Å². The molecule has 0 radical (unpaired) electrons. The van der Waals surface area contributed by atoms with Gasteiger partial charge in [0.15, 0.2) is 0 Å². The Labute approximate surface area is 301 Å². The summed E-state index contributed by atoms with van der Waals surface area (Å²) < 4.78 is 67.4. The second-order valence-corrected chi connectivity index (χ2v) is 13.6. The van der Waals surface area contributed by atoms with Gasteiger partial charge < -0.3 is 9.84 Å². The predicted molar refractivity (Wildman–Crippen MR) is 186 cm³/mol. The van der Waals surface area contributed by atoms with Gasteiger partial charge >= 0.3 is 6.18 Å². The summed E-state index contributed by atoms with van der Waals surface area (Å²) in [6.45, 7) is 3.38. The summed E-state index contributed by atoms with van der Waals surface area (Å²) in [7, 11) is -3.77. The summed E-state index contributed by atoms with van der Waals surface area (Å²) in [5, 5.41) is 8.44. The molecule has 1 N–H and O–H groups in total. The van der Waals surface area contributed by atoms with Gasteiger partial charge in [-0.3, -0.25) is 28.3 Å². The second kappa shape index (κ2) is 19.3. The summed E-state index contributed by atoms with van der Waals surface area (Å²) >= 11 is 11.6. The van der Waals surface area contributed by atoms with Crippen LogP contribution in [-0.2, 0) is 32.5 Å². The SMILES string of the molecule is CC(=O)Cn1c(OCCC(F)(F)F)nc(-c2ccc(Cl)cc2)cc1=O.CC(=O)Cn1c(S(C)(=O)=O)nc(-c2ccc(Cl)cc2)cc1=O.CCCO. The van der Waals surface area contributed by atoms with Gasteiger partial charge in [0.1, 0.15) is 18.2 Å². The van der Waals surface area contributed by atoms with Crippen molar-refractivity contribution >= 4 is 44.6 Å². The Morgan fingerprint density at radius 1 is 0.824 bits per heavy atom. The molecular formula is C33H35Cl2F3N4O8S. The quantitative estimate of drug-likeness (QED) is 0.194. The number of halogens is 5. The Hall–Kier alpha value is -4.38. The van der Waals surface area contributed by atoms with Crippen molar-refractivity contribution in [2.45, 2.75) is 58.0 Å². The Morgan fingerprint density at radius 3 is 1.63 bits per heavy atom. The van der Waals surface area contributed by atoms with Crippen LogP contribution >= 0.6 is 23.2 Å². The maximum absolute atomic E-state index is 12.3. The third-order valence-electron chi connectivity index (χ3n) is 6.16. The van der Waals surface area contributed by atoms with E-state index in [1.54, 1.807) is 48.5 Å². The van der Waals surface area contributed by atoms with E-state index >= 15 is 0 Å². The molecule has 51 heavy (non-hydrogen) atoms. The number of aliphatic hydroxyl groups is 1. The minimum Gasteiger partial charge on any atom is -0.464 e. The lowest BCUT2D eigenvalue weighted by Gasteiger charge is -2.14. The molecule has 276 valence electrons. The molecule has 2 aromatic heterocycles. The Morgan fingerprint density at radius 2 is 1.24 bits per heavy atom. The lowest BCUT2D eigenvalue weighted by molar-refractivity contribution is -0.140. The van der Waals surface area contributed by atoms with E-state index in [-0.39, 0.29) is 42.1 Å². The summed E-state index contributed by atoms with van der Waals surface area (Å²) in [5.41, 5.74) is 0.316. The lowest BCUT2D eigenvalue weighted by atomic mass is 10.1. The van der Waals surface area contributed by atoms with Gasteiger partial charge in [-0.05, 0) is 44.5 Å². The molecular weight excluding hydrogens is 740 g/mol. The molecule has 0 aliphatic heterocycles. The standard InChI is InChI=1S/C16H14ClF3N2O3.C14H13ClN2O4S.C3H8O/c1-10(23)9-22-14(24)8-13(11-2-4-12(17)5-3-11)21-15(22)25-7-6-16(18,19)20;1-9(18)8-17-13(19)7-12(16-14(17)22(2,20)21)10-3-5-11(15)6-4-10;1-2-3-4/h2-5,8H,6-7,9H2,1H3;3-7H,8H2,1-2H3;4H,2-3H2,1H3. The van der Waals surface area contributed by atoms with Crippen LogP contribution < -0.4 is 15.9 Å². The van der Waals surface area contributed by atoms with Crippen LogP contribution in [-0.4, -0.2) is 69.8 Å². The van der Waals surface area contributed by atoms with Gasteiger partial charge in [-0.25, -0.2) is 13.4 Å². The van der Waals surface area contributed by atoms with Gasteiger partial charge in [0, 0.05) is 46.2 Å². The Balaban J connectivity index is 0.000000322. The van der Waals surface area contributed by atoms with Crippen LogP contribution in [0.25, 0.3) is 22.5 Å². The van der Waals surface area contributed by atoms with Gasteiger partial charge in [0.05, 0.1) is 30.9 Å². The third-order valence-corrected chi connectivity index (χ3v) is 7.64. The molecule has 0 aliphatic rings. The minimum atomic E-state index is -4.40. The number of aliphatic hydroxyl groups excluding tert-OH is 1. The monoisotopic (exact) mass is 774 g/mol. The third kappa shape index (κ3) is 14.4. The maximum atomic E-state index is 12.3. The number of rotatable bonds is 11. The molecule has 0 amide bonds. The highest BCUT2D eigenvalue weighted by Crippen LogP contribution is 2.23. The number of hydrogen-bond donors (Lipinski definition) is 1. The van der Waals surface area contributed by atoms with Gasteiger partial charge in [-0.1, -0.05) is 54.4 Å². The smallest absolute Gasteiger partial charge is 0.392 e. The molecule has 0 atom stereocenters. The van der Waals surface area contributed by atoms with Crippen LogP contribution in [0.5, 0.6) is 6.01 Å². The van der Waals surface area contributed by atoms with Gasteiger partial charge in [0.2, 0.25) is 15.0 Å². The first-order valence-electron chi connectivity index (χ1n) is 15.0. The van der Waals surface area contributed by atoms with Crippen molar-refractivity contribution in [3.63, 3.8) is 0 Å². The summed E-state index contributed by atoms with van der Waals surface area (Å²) in [5.74, 6) is -0.697. The molecule has 0 saturated heterocycles. The molecule has 4 rings (SSSR count). The van der Waals surface area contributed by atoms with Crippen molar-refractivity contribution in [1.29, 1.82) is 0 Å². The topological polar surface area (TPSA) is 168 Å². The Bertz CT molecular complexity index is 2030. The van der Waals surface area contributed by atoms with Crippen molar-refractivity contribution in [3.05, 3.63) is 91.4 Å². The molecule has 0 saturated carbocycles. The number of hydrogen-bond acceptors (Lipinski definition) is 10. The van der Waals surface area contributed by atoms with Crippen molar-refractivity contribution in [2.24, 2.45) is 0 Å². The van der Waals surface area contributed by atoms with Crippen molar-refractivity contribution in [1.82, 2.24) is 19.1 Å². The second-order valence-electron chi connectivity index (χ2n) is 10.8. The van der Waals surface area contributed by atoms with Crippen LogP contribution in [0.15, 0.2) is 75.4 Å². The number of Topliss-reactive ketones (excluding diaryl/α,β-unsaturated/α-hetero) is 2. The molecule has 0 bridgehead atoms. The normalized spacial score (nSPS) is 11.1. The van der Waals surface area contributed by atoms with E-state index in [0.29, 0.717) is 27.8 Å². The van der Waals surface area contributed by atoms with Crippen molar-refractivity contribution < 1.29 is 41.0 Å². The molecule has 18 heteroatoms. The van der Waals surface area contributed by atoms with E-state index in [9.17, 15) is 40.8 Å². The van der Waals surface area contributed by atoms with Crippen LogP contribution in [0.1, 0.15) is 33.6 Å². The molecule has 12 nitrogen and oxygen atoms in total. The zero-order valence-electron chi connectivity index (χ0n) is 27.9. The van der Waals surface area contributed by atoms with E-state index in [2.05, 4.69) is 9.97 Å². The zero-order chi connectivity index (χ0) is 38.5. The van der Waals surface area contributed by atoms with Gasteiger partial charge in [0.25, 0.3) is 17.1 Å². The van der Waals surface area contributed by atoms with Crippen molar-refractivity contribution in [3.8, 4) is 28.5 Å². The van der Waals surface area contributed by atoms with Gasteiger partial charge in [-0.2, -0.15) is 18.2 Å². The predicted octanol–water partition coefficient (Wildman–Crippen LogP) is 5.43. The molecule has 2 aromatic carbocycles. The fourth-order valence-electron chi connectivity index (χ4n) is 3.89. The maximum Gasteiger partial charge on any atom is 0.392 e. The number of ether oxygens (including phenoxy) is 1. The summed E-state index contributed by atoms with van der Waals surface area (Å²) in [6, 6.07) is 14.9. The highest BCUT2D eigenvalue weighted by Gasteiger charge is 2.27. The fraction of sp³-hybridized carbons (Fsp3) is 0.333. The van der Waals surface area contributed by atoms with Gasteiger partial charge in [-0.15, -0.1) is 0 Å². The highest BCUT2D eigenvalue weighted by molar-refractivity contribution is 7.90. The number of carbonyl (C=O) groups excluding carboxylic acids is 2. The first-order valence-corrected chi connectivity index (χ1v) is 17.6. The van der Waals surface area contributed by atoms with E-state index in [4.69, 9.17) is 33.0 Å². The number of ketones is 2. The summed E-state index contributed by atoms with van der Waals surface area (Å²) in [4.78, 5) is 55.1. The number of nitrogens with zero attached hydrogens (tertiary/aromatic N) is 4. The summed E-state index contributed by atoms with van der Waals surface area (Å²) in [6.07, 6.45) is -3.79. The zero-order valence-corrected chi connectivity index (χ0v) is 30.2. The molecule has 2 heterocycles. The number of carbonyl (C=O) groups is 2. The number of sulfone groups is 1. The van der Waals surface area contributed by atoms with E-state index in [0.717, 1.165) is 21.8 Å². The fourth-order valence-corrected chi connectivity index (χ4v) is 4.97. The largest absolute Gasteiger partial charge is 0.464 e. The molecule has 0 aliphatic carbocycles. The van der Waals surface area contributed by atoms with Crippen LogP contribution in [0.3, 0.4) is 0 Å².